The van der Waals surface area contributed by atoms with E-state index in [0.717, 1.165) is 17.1 Å². The summed E-state index contributed by atoms with van der Waals surface area (Å²) in [6, 6.07) is 82.5. The third-order valence-electron chi connectivity index (χ3n) is 11.9. The van der Waals surface area contributed by atoms with Crippen molar-refractivity contribution in [3.05, 3.63) is 247 Å². The minimum atomic E-state index is -0.432. The molecule has 2 aliphatic carbocycles. The van der Waals surface area contributed by atoms with Crippen LogP contribution in [-0.4, -0.2) is 0 Å². The minimum Gasteiger partial charge on any atom is -0.310 e. The molecule has 2 aliphatic rings. The van der Waals surface area contributed by atoms with Gasteiger partial charge < -0.3 is 4.90 Å². The van der Waals surface area contributed by atoms with Crippen LogP contribution in [0.2, 0.25) is 0 Å². The molecule has 0 radical (unpaired) electrons. The Kier molecular flexibility index (Phi) is 7.47. The molecule has 9 aromatic rings. The summed E-state index contributed by atoms with van der Waals surface area (Å²) < 4.78 is 0. The maximum absolute atomic E-state index is 2.50. The number of benzene rings is 9. The zero-order valence-corrected chi connectivity index (χ0v) is 30.8. The summed E-state index contributed by atoms with van der Waals surface area (Å²) in [5.74, 6) is 0. The molecule has 0 unspecified atom stereocenters. The Hall–Kier alpha value is -7.22. The van der Waals surface area contributed by atoms with Crippen LogP contribution in [0.5, 0.6) is 0 Å². The van der Waals surface area contributed by atoms with E-state index < -0.39 is 5.41 Å². The molecule has 0 fully saturated rings. The van der Waals surface area contributed by atoms with Gasteiger partial charge in [0.05, 0.1) is 11.1 Å². The molecule has 0 saturated heterocycles. The fourth-order valence-corrected chi connectivity index (χ4v) is 9.59. The monoisotopic (exact) mass is 711 g/mol. The Morgan fingerprint density at radius 1 is 0.268 bits per heavy atom. The SMILES string of the molecule is c1ccc(-c2cccc(N(c3ccc(-c4ccccc4)c(-c4ccccc4)c3)c3cccc4c3-c3ccccc3C43c4ccccc4-c4ccccc43)c2)cc1. The number of fused-ring (bicyclic) bond motifs is 10. The van der Waals surface area contributed by atoms with Gasteiger partial charge in [0.15, 0.2) is 0 Å². The van der Waals surface area contributed by atoms with E-state index in [-0.39, 0.29) is 0 Å². The number of hydrogen-bond donors (Lipinski definition) is 0. The molecule has 1 heteroatoms. The fraction of sp³-hybridized carbons (Fsp3) is 0.0182. The van der Waals surface area contributed by atoms with Crippen molar-refractivity contribution >= 4 is 17.1 Å². The number of nitrogens with zero attached hydrogens (tertiary/aromatic N) is 1. The molecule has 1 spiro atoms. The summed E-state index contributed by atoms with van der Waals surface area (Å²) in [6.07, 6.45) is 0. The van der Waals surface area contributed by atoms with Gasteiger partial charge in [-0.05, 0) is 103 Å². The summed E-state index contributed by atoms with van der Waals surface area (Å²) in [6.45, 7) is 0. The van der Waals surface area contributed by atoms with Gasteiger partial charge in [-0.25, -0.2) is 0 Å². The van der Waals surface area contributed by atoms with Crippen LogP contribution >= 0.6 is 0 Å². The summed E-state index contributed by atoms with van der Waals surface area (Å²) in [4.78, 5) is 2.50. The van der Waals surface area contributed by atoms with E-state index in [1.807, 2.05) is 0 Å². The van der Waals surface area contributed by atoms with Crippen LogP contribution in [0.3, 0.4) is 0 Å². The molecule has 0 atom stereocenters. The molecule has 11 rings (SSSR count). The summed E-state index contributed by atoms with van der Waals surface area (Å²) in [7, 11) is 0. The average molecular weight is 712 g/mol. The van der Waals surface area contributed by atoms with Gasteiger partial charge in [0, 0.05) is 16.9 Å². The molecule has 0 N–H and O–H groups in total. The van der Waals surface area contributed by atoms with Crippen LogP contribution in [0.25, 0.3) is 55.6 Å². The molecule has 1 nitrogen and oxygen atoms in total. The smallest absolute Gasteiger partial charge is 0.0726 e. The van der Waals surface area contributed by atoms with E-state index in [9.17, 15) is 0 Å². The van der Waals surface area contributed by atoms with E-state index in [2.05, 4.69) is 229 Å². The lowest BCUT2D eigenvalue weighted by Crippen LogP contribution is -2.26. The quantitative estimate of drug-likeness (QED) is 0.166. The molecule has 56 heavy (non-hydrogen) atoms. The Morgan fingerprint density at radius 2 is 0.732 bits per heavy atom. The molecule has 0 aliphatic heterocycles. The number of anilines is 3. The zero-order valence-electron chi connectivity index (χ0n) is 30.8. The van der Waals surface area contributed by atoms with Crippen molar-refractivity contribution in [1.29, 1.82) is 0 Å². The van der Waals surface area contributed by atoms with Gasteiger partial charge in [0.2, 0.25) is 0 Å². The maximum atomic E-state index is 2.50. The molecular formula is C55H37N. The highest BCUT2D eigenvalue weighted by molar-refractivity contribution is 6.02. The summed E-state index contributed by atoms with van der Waals surface area (Å²) >= 11 is 0. The van der Waals surface area contributed by atoms with E-state index >= 15 is 0 Å². The van der Waals surface area contributed by atoms with Crippen LogP contribution in [-0.2, 0) is 5.41 Å². The number of hydrogen-bond acceptors (Lipinski definition) is 1. The maximum Gasteiger partial charge on any atom is 0.0726 e. The van der Waals surface area contributed by atoms with Gasteiger partial charge in [-0.3, -0.25) is 0 Å². The highest BCUT2D eigenvalue weighted by atomic mass is 15.1. The predicted octanol–water partition coefficient (Wildman–Crippen LogP) is 14.5. The summed E-state index contributed by atoms with van der Waals surface area (Å²) in [5.41, 5.74) is 20.6. The van der Waals surface area contributed by atoms with Crippen LogP contribution in [0.1, 0.15) is 22.3 Å². The van der Waals surface area contributed by atoms with Gasteiger partial charge in [-0.15, -0.1) is 0 Å². The lowest BCUT2D eigenvalue weighted by molar-refractivity contribution is 0.794. The van der Waals surface area contributed by atoms with Gasteiger partial charge in [-0.2, -0.15) is 0 Å². The second kappa shape index (κ2) is 13.0. The van der Waals surface area contributed by atoms with Crippen molar-refractivity contribution in [2.24, 2.45) is 0 Å². The van der Waals surface area contributed by atoms with Gasteiger partial charge in [0.1, 0.15) is 0 Å². The lowest BCUT2D eigenvalue weighted by atomic mass is 9.70. The van der Waals surface area contributed by atoms with Crippen LogP contribution < -0.4 is 4.90 Å². The molecule has 0 saturated carbocycles. The first-order valence-corrected chi connectivity index (χ1v) is 19.4. The van der Waals surface area contributed by atoms with Crippen LogP contribution in [0.4, 0.5) is 17.1 Å². The second-order valence-corrected chi connectivity index (χ2v) is 14.8. The predicted molar refractivity (Wildman–Crippen MR) is 234 cm³/mol. The highest BCUT2D eigenvalue weighted by Gasteiger charge is 2.52. The van der Waals surface area contributed by atoms with Crippen molar-refractivity contribution in [3.8, 4) is 55.6 Å². The minimum absolute atomic E-state index is 0.432. The van der Waals surface area contributed by atoms with E-state index in [0.29, 0.717) is 0 Å². The van der Waals surface area contributed by atoms with Crippen molar-refractivity contribution in [1.82, 2.24) is 0 Å². The zero-order chi connectivity index (χ0) is 37.1. The first-order valence-electron chi connectivity index (χ1n) is 19.4. The third kappa shape index (κ3) is 4.81. The van der Waals surface area contributed by atoms with E-state index in [1.54, 1.807) is 0 Å². The highest BCUT2D eigenvalue weighted by Crippen LogP contribution is 2.64. The first kappa shape index (κ1) is 32.2. The molecule has 0 aromatic heterocycles. The Labute approximate surface area is 328 Å². The molecule has 262 valence electrons. The molecule has 0 amide bonds. The Bertz CT molecular complexity index is 2860. The standard InChI is InChI=1S/C55H37N/c1-4-18-38(19-5-1)41-24-16-25-42(36-41)56(43-34-35-44(39-20-6-2-7-21-39)48(37-43)40-22-8-3-9-23-40)53-33-17-32-52-54(53)47-28-12-15-31-51(47)55(52)49-29-13-10-26-45(49)46-27-11-14-30-50(46)55/h1-37H. The molecule has 0 heterocycles. The Morgan fingerprint density at radius 3 is 1.38 bits per heavy atom. The van der Waals surface area contributed by atoms with Crippen molar-refractivity contribution < 1.29 is 0 Å². The fourth-order valence-electron chi connectivity index (χ4n) is 9.59. The van der Waals surface area contributed by atoms with E-state index in [4.69, 9.17) is 0 Å². The van der Waals surface area contributed by atoms with Crippen molar-refractivity contribution in [2.45, 2.75) is 5.41 Å². The topological polar surface area (TPSA) is 3.24 Å². The average Bonchev–Trinajstić information content (AvgIpc) is 3.75. The Balaban J connectivity index is 1.21. The number of rotatable bonds is 6. The second-order valence-electron chi connectivity index (χ2n) is 14.8. The van der Waals surface area contributed by atoms with Gasteiger partial charge in [0.25, 0.3) is 0 Å². The molecular weight excluding hydrogens is 675 g/mol. The third-order valence-corrected chi connectivity index (χ3v) is 11.9. The normalized spacial score (nSPS) is 12.8. The molecule has 0 bridgehead atoms. The van der Waals surface area contributed by atoms with Crippen molar-refractivity contribution in [3.63, 3.8) is 0 Å². The summed E-state index contributed by atoms with van der Waals surface area (Å²) in [5, 5.41) is 0. The molecule has 9 aromatic carbocycles. The van der Waals surface area contributed by atoms with Crippen LogP contribution in [0, 0.1) is 0 Å². The van der Waals surface area contributed by atoms with Gasteiger partial charge in [-0.1, -0.05) is 194 Å². The van der Waals surface area contributed by atoms with Gasteiger partial charge >= 0.3 is 0 Å². The van der Waals surface area contributed by atoms with Crippen LogP contribution in [0.15, 0.2) is 224 Å². The van der Waals surface area contributed by atoms with Crippen molar-refractivity contribution in [2.75, 3.05) is 4.90 Å². The lowest BCUT2D eigenvalue weighted by Gasteiger charge is -2.32. The van der Waals surface area contributed by atoms with E-state index in [1.165, 1.54) is 77.9 Å². The first-order chi connectivity index (χ1) is 27.8. The largest absolute Gasteiger partial charge is 0.310 e.